The minimum absolute atomic E-state index is 0.310. The van der Waals surface area contributed by atoms with Crippen LogP contribution in [-0.4, -0.2) is 22.4 Å². The molecule has 19 heavy (non-hydrogen) atoms. The van der Waals surface area contributed by atoms with Crippen LogP contribution in [0.1, 0.15) is 23.0 Å². The summed E-state index contributed by atoms with van der Waals surface area (Å²) in [6, 6.07) is 9.25. The fraction of sp³-hybridized carbons (Fsp3) is 0.286. The molecule has 0 spiro atoms. The molecular formula is C14H17N3O2. The maximum atomic E-state index is 11.8. The SMILES string of the molecule is CCOC(=O)c1ccccc1NCc1ccnn1C. The fourth-order valence-electron chi connectivity index (χ4n) is 1.78. The van der Waals surface area contributed by atoms with Crippen LogP contribution in [0.3, 0.4) is 0 Å². The molecule has 0 bridgehead atoms. The maximum absolute atomic E-state index is 11.8. The Labute approximate surface area is 112 Å². The molecule has 1 aromatic heterocycles. The van der Waals surface area contributed by atoms with Gasteiger partial charge in [0.2, 0.25) is 0 Å². The van der Waals surface area contributed by atoms with E-state index in [2.05, 4.69) is 10.4 Å². The zero-order chi connectivity index (χ0) is 13.7. The molecule has 1 heterocycles. The van der Waals surface area contributed by atoms with Crippen molar-refractivity contribution in [1.82, 2.24) is 9.78 Å². The lowest BCUT2D eigenvalue weighted by molar-refractivity contribution is 0.0527. The van der Waals surface area contributed by atoms with E-state index < -0.39 is 0 Å². The minimum atomic E-state index is -0.310. The average Bonchev–Trinajstić information content (AvgIpc) is 2.82. The summed E-state index contributed by atoms with van der Waals surface area (Å²) in [4.78, 5) is 11.8. The van der Waals surface area contributed by atoms with E-state index in [1.54, 1.807) is 23.9 Å². The lowest BCUT2D eigenvalue weighted by Gasteiger charge is -2.11. The zero-order valence-corrected chi connectivity index (χ0v) is 11.1. The Morgan fingerprint density at radius 2 is 2.16 bits per heavy atom. The van der Waals surface area contributed by atoms with Crippen LogP contribution in [-0.2, 0) is 18.3 Å². The number of carbonyl (C=O) groups is 1. The molecule has 0 saturated heterocycles. The number of hydrogen-bond donors (Lipinski definition) is 1. The number of hydrogen-bond acceptors (Lipinski definition) is 4. The predicted octanol–water partition coefficient (Wildman–Crippen LogP) is 2.21. The lowest BCUT2D eigenvalue weighted by atomic mass is 10.2. The standard InChI is InChI=1S/C14H17N3O2/c1-3-19-14(18)12-6-4-5-7-13(12)15-10-11-8-9-16-17(11)2/h4-9,15H,3,10H2,1-2H3. The van der Waals surface area contributed by atoms with Crippen LogP contribution in [0, 0.1) is 0 Å². The number of anilines is 1. The number of rotatable bonds is 5. The van der Waals surface area contributed by atoms with Crippen molar-refractivity contribution in [3.05, 3.63) is 47.8 Å². The van der Waals surface area contributed by atoms with Gasteiger partial charge in [0.05, 0.1) is 24.4 Å². The van der Waals surface area contributed by atoms with Gasteiger partial charge in [-0.15, -0.1) is 0 Å². The van der Waals surface area contributed by atoms with Gasteiger partial charge in [-0.2, -0.15) is 5.10 Å². The Balaban J connectivity index is 2.12. The van der Waals surface area contributed by atoms with Gasteiger partial charge in [0.1, 0.15) is 0 Å². The number of benzene rings is 1. The molecule has 0 aliphatic heterocycles. The Hall–Kier alpha value is -2.30. The van der Waals surface area contributed by atoms with Gasteiger partial charge in [0.25, 0.3) is 0 Å². The molecule has 0 amide bonds. The van der Waals surface area contributed by atoms with Gasteiger partial charge < -0.3 is 10.1 Å². The Kier molecular flexibility index (Phi) is 4.18. The molecule has 2 rings (SSSR count). The van der Waals surface area contributed by atoms with Crippen molar-refractivity contribution >= 4 is 11.7 Å². The molecule has 0 aliphatic carbocycles. The highest BCUT2D eigenvalue weighted by molar-refractivity contribution is 5.95. The molecular weight excluding hydrogens is 242 g/mol. The van der Waals surface area contributed by atoms with Crippen LogP contribution in [0.4, 0.5) is 5.69 Å². The van der Waals surface area contributed by atoms with E-state index in [9.17, 15) is 4.79 Å². The van der Waals surface area contributed by atoms with Crippen molar-refractivity contribution in [3.8, 4) is 0 Å². The smallest absolute Gasteiger partial charge is 0.340 e. The maximum Gasteiger partial charge on any atom is 0.340 e. The Morgan fingerprint density at radius 3 is 2.84 bits per heavy atom. The first-order valence-corrected chi connectivity index (χ1v) is 6.19. The van der Waals surface area contributed by atoms with E-state index in [1.165, 1.54) is 0 Å². The highest BCUT2D eigenvalue weighted by Gasteiger charge is 2.11. The number of aryl methyl sites for hydroxylation is 1. The fourth-order valence-corrected chi connectivity index (χ4v) is 1.78. The normalized spacial score (nSPS) is 10.2. The van der Waals surface area contributed by atoms with Gasteiger partial charge in [-0.05, 0) is 25.1 Å². The number of para-hydroxylation sites is 1. The second-order valence-electron chi connectivity index (χ2n) is 4.07. The van der Waals surface area contributed by atoms with Crippen molar-refractivity contribution in [2.24, 2.45) is 7.05 Å². The first kappa shape index (κ1) is 13.1. The van der Waals surface area contributed by atoms with Gasteiger partial charge in [-0.25, -0.2) is 4.79 Å². The van der Waals surface area contributed by atoms with Gasteiger partial charge >= 0.3 is 5.97 Å². The van der Waals surface area contributed by atoms with Crippen molar-refractivity contribution in [3.63, 3.8) is 0 Å². The van der Waals surface area contributed by atoms with Crippen molar-refractivity contribution in [2.45, 2.75) is 13.5 Å². The van der Waals surface area contributed by atoms with Gasteiger partial charge in [0, 0.05) is 18.9 Å². The largest absolute Gasteiger partial charge is 0.462 e. The monoisotopic (exact) mass is 259 g/mol. The zero-order valence-electron chi connectivity index (χ0n) is 11.1. The highest BCUT2D eigenvalue weighted by atomic mass is 16.5. The number of esters is 1. The third kappa shape index (κ3) is 3.13. The van der Waals surface area contributed by atoms with Crippen LogP contribution in [0.2, 0.25) is 0 Å². The van der Waals surface area contributed by atoms with E-state index in [0.717, 1.165) is 11.4 Å². The first-order valence-electron chi connectivity index (χ1n) is 6.19. The summed E-state index contributed by atoms with van der Waals surface area (Å²) in [7, 11) is 1.88. The molecule has 5 nitrogen and oxygen atoms in total. The first-order chi connectivity index (χ1) is 9.22. The molecule has 0 radical (unpaired) electrons. The molecule has 0 saturated carbocycles. The molecule has 2 aromatic rings. The summed E-state index contributed by atoms with van der Waals surface area (Å²) in [5.74, 6) is -0.310. The minimum Gasteiger partial charge on any atom is -0.462 e. The van der Waals surface area contributed by atoms with E-state index in [4.69, 9.17) is 4.74 Å². The quantitative estimate of drug-likeness (QED) is 0.836. The number of nitrogens with zero attached hydrogens (tertiary/aromatic N) is 2. The van der Waals surface area contributed by atoms with Crippen molar-refractivity contribution in [1.29, 1.82) is 0 Å². The molecule has 1 N–H and O–H groups in total. The van der Waals surface area contributed by atoms with Crippen LogP contribution in [0.25, 0.3) is 0 Å². The molecule has 0 unspecified atom stereocenters. The summed E-state index contributed by atoms with van der Waals surface area (Å²) in [5, 5.41) is 7.34. The summed E-state index contributed by atoms with van der Waals surface area (Å²) in [5.41, 5.74) is 2.35. The van der Waals surface area contributed by atoms with Crippen molar-refractivity contribution in [2.75, 3.05) is 11.9 Å². The van der Waals surface area contributed by atoms with Gasteiger partial charge in [-0.1, -0.05) is 12.1 Å². The molecule has 0 fully saturated rings. The topological polar surface area (TPSA) is 56.1 Å². The third-order valence-corrected chi connectivity index (χ3v) is 2.80. The highest BCUT2D eigenvalue weighted by Crippen LogP contribution is 2.17. The molecule has 5 heteroatoms. The van der Waals surface area contributed by atoms with Crippen LogP contribution >= 0.6 is 0 Å². The second-order valence-corrected chi connectivity index (χ2v) is 4.07. The van der Waals surface area contributed by atoms with Crippen LogP contribution < -0.4 is 5.32 Å². The third-order valence-electron chi connectivity index (χ3n) is 2.80. The average molecular weight is 259 g/mol. The van der Waals surface area contributed by atoms with Crippen molar-refractivity contribution < 1.29 is 9.53 Å². The Bertz CT molecular complexity index is 563. The predicted molar refractivity (Wildman–Crippen MR) is 72.9 cm³/mol. The number of ether oxygens (including phenoxy) is 1. The lowest BCUT2D eigenvalue weighted by Crippen LogP contribution is -2.11. The molecule has 1 aromatic carbocycles. The van der Waals surface area contributed by atoms with E-state index in [0.29, 0.717) is 18.7 Å². The number of carbonyl (C=O) groups excluding carboxylic acids is 1. The Morgan fingerprint density at radius 1 is 1.37 bits per heavy atom. The van der Waals surface area contributed by atoms with E-state index >= 15 is 0 Å². The van der Waals surface area contributed by atoms with Crippen LogP contribution in [0.5, 0.6) is 0 Å². The summed E-state index contributed by atoms with van der Waals surface area (Å²) in [6.45, 7) is 2.77. The van der Waals surface area contributed by atoms with E-state index in [1.807, 2.05) is 31.3 Å². The van der Waals surface area contributed by atoms with Crippen LogP contribution in [0.15, 0.2) is 36.5 Å². The molecule has 0 atom stereocenters. The summed E-state index contributed by atoms with van der Waals surface area (Å²) < 4.78 is 6.82. The number of aromatic nitrogens is 2. The second kappa shape index (κ2) is 6.04. The summed E-state index contributed by atoms with van der Waals surface area (Å²) in [6.07, 6.45) is 1.74. The van der Waals surface area contributed by atoms with E-state index in [-0.39, 0.29) is 5.97 Å². The molecule has 100 valence electrons. The summed E-state index contributed by atoms with van der Waals surface area (Å²) >= 11 is 0. The van der Waals surface area contributed by atoms with Gasteiger partial charge in [-0.3, -0.25) is 4.68 Å². The molecule has 0 aliphatic rings. The van der Waals surface area contributed by atoms with Gasteiger partial charge in [0.15, 0.2) is 0 Å². The number of nitrogens with one attached hydrogen (secondary N) is 1.